The Balaban J connectivity index is 1.65. The second-order valence-electron chi connectivity index (χ2n) is 6.50. The van der Waals surface area contributed by atoms with Gasteiger partial charge < -0.3 is 5.73 Å². The molecule has 1 fully saturated rings. The smallest absolute Gasteiger partial charge is 0.219 e. The van der Waals surface area contributed by atoms with E-state index >= 15 is 0 Å². The summed E-state index contributed by atoms with van der Waals surface area (Å²) in [6.07, 6.45) is 0.415. The topological polar surface area (TPSA) is 49.6 Å². The quantitative estimate of drug-likeness (QED) is 0.887. The van der Waals surface area contributed by atoms with Crippen LogP contribution in [0.5, 0.6) is 0 Å². The fourth-order valence-corrected chi connectivity index (χ4v) is 3.39. The maximum Gasteiger partial charge on any atom is 0.219 e. The molecule has 2 N–H and O–H groups in total. The zero-order chi connectivity index (χ0) is 16.8. The van der Waals surface area contributed by atoms with Crippen molar-refractivity contribution >= 4 is 5.91 Å². The summed E-state index contributed by atoms with van der Waals surface area (Å²) in [5.74, 6) is -0.223. The van der Waals surface area contributed by atoms with Crippen LogP contribution in [0, 0.1) is 0 Å². The monoisotopic (exact) mass is 323 g/mol. The molecule has 3 rings (SSSR count). The largest absolute Gasteiger partial charge is 0.370 e. The third-order valence-corrected chi connectivity index (χ3v) is 4.60. The fourth-order valence-electron chi connectivity index (χ4n) is 3.39. The van der Waals surface area contributed by atoms with Crippen LogP contribution < -0.4 is 5.73 Å². The summed E-state index contributed by atoms with van der Waals surface area (Å²) in [6, 6.07) is 21.1. The molecule has 4 heteroatoms. The summed E-state index contributed by atoms with van der Waals surface area (Å²) in [4.78, 5) is 16.3. The van der Waals surface area contributed by atoms with Gasteiger partial charge in [-0.15, -0.1) is 0 Å². The Morgan fingerprint density at radius 3 is 2.08 bits per heavy atom. The van der Waals surface area contributed by atoms with Gasteiger partial charge in [0.2, 0.25) is 5.91 Å². The minimum absolute atomic E-state index is 0.181. The Bertz CT molecular complexity index is 644. The van der Waals surface area contributed by atoms with Gasteiger partial charge in [0.15, 0.2) is 0 Å². The average Bonchev–Trinajstić information content (AvgIpc) is 2.59. The van der Waals surface area contributed by atoms with Gasteiger partial charge in [-0.1, -0.05) is 60.7 Å². The van der Waals surface area contributed by atoms with Crippen molar-refractivity contribution in [3.05, 3.63) is 71.8 Å². The number of primary amides is 1. The SMILES string of the molecule is NC(=O)CC1CN(Cc2ccccc2)CCN1Cc1ccccc1. The van der Waals surface area contributed by atoms with Crippen molar-refractivity contribution in [1.82, 2.24) is 9.80 Å². The van der Waals surface area contributed by atoms with Crippen LogP contribution in [-0.4, -0.2) is 41.4 Å². The van der Waals surface area contributed by atoms with Crippen molar-refractivity contribution in [2.24, 2.45) is 5.73 Å². The number of nitrogens with zero attached hydrogens (tertiary/aromatic N) is 2. The maximum absolute atomic E-state index is 11.5. The van der Waals surface area contributed by atoms with E-state index in [1.165, 1.54) is 11.1 Å². The molecule has 1 amide bonds. The average molecular weight is 323 g/mol. The fraction of sp³-hybridized carbons (Fsp3) is 0.350. The molecule has 1 atom stereocenters. The predicted octanol–water partition coefficient (Wildman–Crippen LogP) is 2.25. The van der Waals surface area contributed by atoms with E-state index in [1.807, 2.05) is 12.1 Å². The lowest BCUT2D eigenvalue weighted by Gasteiger charge is -2.41. The van der Waals surface area contributed by atoms with Gasteiger partial charge in [0.1, 0.15) is 0 Å². The predicted molar refractivity (Wildman–Crippen MR) is 96.2 cm³/mol. The third kappa shape index (κ3) is 4.66. The Kier molecular flexibility index (Phi) is 5.62. The number of benzene rings is 2. The number of hydrogen-bond acceptors (Lipinski definition) is 3. The van der Waals surface area contributed by atoms with E-state index < -0.39 is 0 Å². The van der Waals surface area contributed by atoms with E-state index in [9.17, 15) is 4.79 Å². The highest BCUT2D eigenvalue weighted by molar-refractivity contribution is 5.74. The van der Waals surface area contributed by atoms with Gasteiger partial charge in [0.25, 0.3) is 0 Å². The van der Waals surface area contributed by atoms with E-state index in [2.05, 4.69) is 58.3 Å². The molecule has 1 heterocycles. The minimum Gasteiger partial charge on any atom is -0.370 e. The molecule has 4 nitrogen and oxygen atoms in total. The van der Waals surface area contributed by atoms with Gasteiger partial charge in [-0.05, 0) is 11.1 Å². The lowest BCUT2D eigenvalue weighted by Crippen LogP contribution is -2.53. The first kappa shape index (κ1) is 16.7. The molecule has 0 saturated carbocycles. The second kappa shape index (κ2) is 8.08. The molecule has 24 heavy (non-hydrogen) atoms. The molecule has 0 aliphatic carbocycles. The zero-order valence-electron chi connectivity index (χ0n) is 14.0. The van der Waals surface area contributed by atoms with Crippen LogP contribution in [0.25, 0.3) is 0 Å². The van der Waals surface area contributed by atoms with Crippen molar-refractivity contribution in [3.63, 3.8) is 0 Å². The molecule has 0 spiro atoms. The van der Waals surface area contributed by atoms with Crippen molar-refractivity contribution in [2.45, 2.75) is 25.6 Å². The van der Waals surface area contributed by atoms with E-state index in [0.717, 1.165) is 32.7 Å². The lowest BCUT2D eigenvalue weighted by atomic mass is 10.1. The molecule has 2 aromatic carbocycles. The van der Waals surface area contributed by atoms with Crippen LogP contribution >= 0.6 is 0 Å². The van der Waals surface area contributed by atoms with E-state index in [1.54, 1.807) is 0 Å². The first-order valence-electron chi connectivity index (χ1n) is 8.53. The number of piperazine rings is 1. The number of amides is 1. The number of nitrogens with two attached hydrogens (primary N) is 1. The summed E-state index contributed by atoms with van der Waals surface area (Å²) in [5, 5.41) is 0. The maximum atomic E-state index is 11.5. The number of rotatable bonds is 6. The summed E-state index contributed by atoms with van der Waals surface area (Å²) in [5.41, 5.74) is 8.09. The van der Waals surface area contributed by atoms with Gasteiger partial charge in [-0.2, -0.15) is 0 Å². The number of hydrogen-bond donors (Lipinski definition) is 1. The molecule has 1 saturated heterocycles. The van der Waals surface area contributed by atoms with Crippen molar-refractivity contribution < 1.29 is 4.79 Å². The first-order chi connectivity index (χ1) is 11.7. The summed E-state index contributed by atoms with van der Waals surface area (Å²) in [7, 11) is 0. The Labute approximate surface area is 143 Å². The highest BCUT2D eigenvalue weighted by atomic mass is 16.1. The van der Waals surface area contributed by atoms with Crippen LogP contribution in [-0.2, 0) is 17.9 Å². The van der Waals surface area contributed by atoms with Crippen molar-refractivity contribution in [2.75, 3.05) is 19.6 Å². The summed E-state index contributed by atoms with van der Waals surface area (Å²) in [6.45, 7) is 4.65. The molecule has 126 valence electrons. The molecule has 1 unspecified atom stereocenters. The molecule has 1 aliphatic heterocycles. The van der Waals surface area contributed by atoms with Gasteiger partial charge >= 0.3 is 0 Å². The molecule has 0 bridgehead atoms. The van der Waals surface area contributed by atoms with Crippen LogP contribution in [0.3, 0.4) is 0 Å². The summed E-state index contributed by atoms with van der Waals surface area (Å²) < 4.78 is 0. The van der Waals surface area contributed by atoms with Gasteiger partial charge in [-0.25, -0.2) is 0 Å². The molecule has 2 aromatic rings. The van der Waals surface area contributed by atoms with Crippen LogP contribution in [0.2, 0.25) is 0 Å². The third-order valence-electron chi connectivity index (χ3n) is 4.60. The van der Waals surface area contributed by atoms with Crippen molar-refractivity contribution in [1.29, 1.82) is 0 Å². The van der Waals surface area contributed by atoms with Crippen LogP contribution in [0.4, 0.5) is 0 Å². The molecule has 0 aromatic heterocycles. The van der Waals surface area contributed by atoms with E-state index in [0.29, 0.717) is 6.42 Å². The lowest BCUT2D eigenvalue weighted by molar-refractivity contribution is -0.120. The Morgan fingerprint density at radius 1 is 0.917 bits per heavy atom. The van der Waals surface area contributed by atoms with Gasteiger partial charge in [0.05, 0.1) is 0 Å². The second-order valence-corrected chi connectivity index (χ2v) is 6.50. The Morgan fingerprint density at radius 2 is 1.50 bits per heavy atom. The zero-order valence-corrected chi connectivity index (χ0v) is 14.0. The minimum atomic E-state index is -0.223. The first-order valence-corrected chi connectivity index (χ1v) is 8.53. The number of carbonyl (C=O) groups excluding carboxylic acids is 1. The van der Waals surface area contributed by atoms with E-state index in [-0.39, 0.29) is 11.9 Å². The number of carbonyl (C=O) groups is 1. The molecular formula is C20H25N3O. The highest BCUT2D eigenvalue weighted by Gasteiger charge is 2.28. The molecule has 0 radical (unpaired) electrons. The summed E-state index contributed by atoms with van der Waals surface area (Å²) >= 11 is 0. The van der Waals surface area contributed by atoms with Gasteiger partial charge in [-0.3, -0.25) is 14.6 Å². The highest BCUT2D eigenvalue weighted by Crippen LogP contribution is 2.18. The van der Waals surface area contributed by atoms with Crippen molar-refractivity contribution in [3.8, 4) is 0 Å². The Hall–Kier alpha value is -2.17. The standard InChI is InChI=1S/C20H25N3O/c21-20(24)13-19-16-22(14-17-7-3-1-4-8-17)11-12-23(19)15-18-9-5-2-6-10-18/h1-10,19H,11-16H2,(H2,21,24). The normalized spacial score (nSPS) is 19.2. The van der Waals surface area contributed by atoms with E-state index in [4.69, 9.17) is 5.73 Å². The molecular weight excluding hydrogens is 298 g/mol. The van der Waals surface area contributed by atoms with Crippen LogP contribution in [0.15, 0.2) is 60.7 Å². The van der Waals surface area contributed by atoms with Crippen LogP contribution in [0.1, 0.15) is 17.5 Å². The van der Waals surface area contributed by atoms with Gasteiger partial charge in [0, 0.05) is 45.2 Å². The molecule has 1 aliphatic rings.